The van der Waals surface area contributed by atoms with Crippen molar-refractivity contribution in [3.8, 4) is 5.75 Å². The van der Waals surface area contributed by atoms with Crippen molar-refractivity contribution in [2.24, 2.45) is 10.7 Å². The lowest BCUT2D eigenvalue weighted by Gasteiger charge is -2.25. The monoisotopic (exact) mass is 400 g/mol. The second kappa shape index (κ2) is 8.85. The van der Waals surface area contributed by atoms with Gasteiger partial charge < -0.3 is 10.8 Å². The molecular formula is C27H32N2O. The van der Waals surface area contributed by atoms with Gasteiger partial charge in [0.25, 0.3) is 0 Å². The van der Waals surface area contributed by atoms with E-state index in [1.54, 1.807) is 0 Å². The summed E-state index contributed by atoms with van der Waals surface area (Å²) in [5.41, 5.74) is 12.2. The number of hydrogen-bond donors (Lipinski definition) is 2. The predicted octanol–water partition coefficient (Wildman–Crippen LogP) is 6.25. The maximum Gasteiger partial charge on any atom is 0.128 e. The molecule has 3 heteroatoms. The minimum Gasteiger partial charge on any atom is -0.507 e. The first-order valence-electron chi connectivity index (χ1n) is 10.4. The molecule has 0 spiro atoms. The topological polar surface area (TPSA) is 58.6 Å². The van der Waals surface area contributed by atoms with Crippen molar-refractivity contribution in [3.63, 3.8) is 0 Å². The molecule has 0 heterocycles. The third-order valence-electron chi connectivity index (χ3n) is 5.45. The summed E-state index contributed by atoms with van der Waals surface area (Å²) in [6.45, 7) is 10.3. The molecule has 3 nitrogen and oxygen atoms in total. The molecule has 0 amide bonds. The highest BCUT2D eigenvalue weighted by molar-refractivity contribution is 6.01. The van der Waals surface area contributed by atoms with Crippen molar-refractivity contribution in [1.29, 1.82) is 0 Å². The van der Waals surface area contributed by atoms with Crippen LogP contribution in [0.1, 0.15) is 67.6 Å². The molecule has 3 rings (SSSR count). The highest BCUT2D eigenvalue weighted by atomic mass is 16.3. The summed E-state index contributed by atoms with van der Waals surface area (Å²) in [6.07, 6.45) is 0. The van der Waals surface area contributed by atoms with Crippen LogP contribution in [0.2, 0.25) is 0 Å². The molecule has 0 unspecified atom stereocenters. The first-order chi connectivity index (χ1) is 14.2. The second-order valence-electron chi connectivity index (χ2n) is 8.97. The Morgan fingerprint density at radius 3 is 1.97 bits per heavy atom. The van der Waals surface area contributed by atoms with E-state index in [2.05, 4.69) is 45.9 Å². The smallest absolute Gasteiger partial charge is 0.128 e. The maximum absolute atomic E-state index is 11.0. The van der Waals surface area contributed by atoms with E-state index in [4.69, 9.17) is 10.7 Å². The Balaban J connectivity index is 2.11. The van der Waals surface area contributed by atoms with Gasteiger partial charge in [0.05, 0.1) is 12.1 Å². The summed E-state index contributed by atoms with van der Waals surface area (Å²) >= 11 is 0. The van der Waals surface area contributed by atoms with E-state index in [-0.39, 0.29) is 17.5 Å². The molecule has 0 bridgehead atoms. The quantitative estimate of drug-likeness (QED) is 0.497. The summed E-state index contributed by atoms with van der Waals surface area (Å²) < 4.78 is 0. The van der Waals surface area contributed by atoms with Crippen LogP contribution in [0.25, 0.3) is 0 Å². The molecule has 0 aliphatic heterocycles. The number of aromatic hydroxyl groups is 1. The van der Waals surface area contributed by atoms with Gasteiger partial charge in [-0.25, -0.2) is 0 Å². The van der Waals surface area contributed by atoms with Gasteiger partial charge in [-0.05, 0) is 42.0 Å². The minimum atomic E-state index is -0.294. The number of aliphatic imine (C=N–C) groups is 1. The van der Waals surface area contributed by atoms with E-state index in [1.165, 1.54) is 0 Å². The van der Waals surface area contributed by atoms with Gasteiger partial charge in [0.2, 0.25) is 0 Å². The molecule has 2 atom stereocenters. The van der Waals surface area contributed by atoms with Crippen molar-refractivity contribution >= 4 is 5.71 Å². The lowest BCUT2D eigenvalue weighted by molar-refractivity contribution is 0.445. The van der Waals surface area contributed by atoms with Crippen LogP contribution in [-0.4, -0.2) is 10.8 Å². The number of phenols is 1. The van der Waals surface area contributed by atoms with Gasteiger partial charge >= 0.3 is 0 Å². The SMILES string of the molecule is CC(=N[C@H](c1ccccc1)[C@H](N)c1ccccc1)c1cc(C)cc(C(C)(C)C)c1O. The zero-order valence-corrected chi connectivity index (χ0v) is 18.6. The molecular weight excluding hydrogens is 368 g/mol. The van der Waals surface area contributed by atoms with Gasteiger partial charge in [-0.15, -0.1) is 0 Å². The lowest BCUT2D eigenvalue weighted by Crippen LogP contribution is -2.20. The van der Waals surface area contributed by atoms with Crippen LogP contribution in [0, 0.1) is 6.92 Å². The van der Waals surface area contributed by atoms with Crippen LogP contribution in [0.3, 0.4) is 0 Å². The van der Waals surface area contributed by atoms with E-state index in [1.807, 2.05) is 61.5 Å². The lowest BCUT2D eigenvalue weighted by atomic mass is 9.83. The summed E-state index contributed by atoms with van der Waals surface area (Å²) in [4.78, 5) is 5.05. The highest BCUT2D eigenvalue weighted by Crippen LogP contribution is 2.36. The van der Waals surface area contributed by atoms with Crippen molar-refractivity contribution in [3.05, 3.63) is 101 Å². The van der Waals surface area contributed by atoms with E-state index < -0.39 is 0 Å². The molecule has 0 fully saturated rings. The summed E-state index contributed by atoms with van der Waals surface area (Å²) in [5, 5.41) is 11.0. The molecule has 0 saturated heterocycles. The van der Waals surface area contributed by atoms with Gasteiger partial charge in [-0.3, -0.25) is 4.99 Å². The second-order valence-corrected chi connectivity index (χ2v) is 8.97. The van der Waals surface area contributed by atoms with Crippen LogP contribution >= 0.6 is 0 Å². The average molecular weight is 401 g/mol. The zero-order valence-electron chi connectivity index (χ0n) is 18.6. The Kier molecular flexibility index (Phi) is 6.42. The standard InChI is InChI=1S/C27H32N2O/c1-18-16-22(26(30)23(17-18)27(3,4)5)19(2)29-25(21-14-10-7-11-15-21)24(28)20-12-8-6-9-13-20/h6-17,24-25,30H,28H2,1-5H3/t24-,25-/m1/s1. The molecule has 0 aliphatic carbocycles. The van der Waals surface area contributed by atoms with E-state index in [9.17, 15) is 5.11 Å². The number of hydrogen-bond acceptors (Lipinski definition) is 3. The molecule has 156 valence electrons. The fourth-order valence-corrected chi connectivity index (χ4v) is 3.77. The number of aryl methyl sites for hydroxylation is 1. The largest absolute Gasteiger partial charge is 0.507 e. The van der Waals surface area contributed by atoms with Crippen molar-refractivity contribution in [1.82, 2.24) is 0 Å². The Bertz CT molecular complexity index is 1020. The fourth-order valence-electron chi connectivity index (χ4n) is 3.77. The van der Waals surface area contributed by atoms with Gasteiger partial charge in [-0.1, -0.05) is 87.5 Å². The molecule has 30 heavy (non-hydrogen) atoms. The Morgan fingerprint density at radius 1 is 0.900 bits per heavy atom. The first-order valence-corrected chi connectivity index (χ1v) is 10.4. The number of phenolic OH excluding ortho intramolecular Hbond substituents is 1. The number of rotatable bonds is 5. The normalized spacial score (nSPS) is 14.4. The summed E-state index contributed by atoms with van der Waals surface area (Å²) in [7, 11) is 0. The zero-order chi connectivity index (χ0) is 21.9. The first kappa shape index (κ1) is 21.8. The molecule has 0 radical (unpaired) electrons. The van der Waals surface area contributed by atoms with Crippen molar-refractivity contribution < 1.29 is 5.11 Å². The van der Waals surface area contributed by atoms with Crippen LogP contribution in [0.15, 0.2) is 77.8 Å². The van der Waals surface area contributed by atoms with Crippen LogP contribution in [0.5, 0.6) is 5.75 Å². The number of nitrogens with zero attached hydrogens (tertiary/aromatic N) is 1. The molecule has 3 N–H and O–H groups in total. The maximum atomic E-state index is 11.0. The number of benzene rings is 3. The molecule has 3 aromatic carbocycles. The fraction of sp³-hybridized carbons (Fsp3) is 0.296. The predicted molar refractivity (Wildman–Crippen MR) is 126 cm³/mol. The van der Waals surface area contributed by atoms with Crippen LogP contribution < -0.4 is 5.73 Å². The van der Waals surface area contributed by atoms with Gasteiger partial charge in [-0.2, -0.15) is 0 Å². The van der Waals surface area contributed by atoms with Crippen LogP contribution in [0.4, 0.5) is 0 Å². The van der Waals surface area contributed by atoms with E-state index >= 15 is 0 Å². The van der Waals surface area contributed by atoms with Gasteiger partial charge in [0.15, 0.2) is 0 Å². The van der Waals surface area contributed by atoms with Gasteiger partial charge in [0.1, 0.15) is 5.75 Å². The van der Waals surface area contributed by atoms with Crippen LogP contribution in [-0.2, 0) is 5.41 Å². The van der Waals surface area contributed by atoms with E-state index in [0.717, 1.165) is 33.5 Å². The van der Waals surface area contributed by atoms with Gasteiger partial charge in [0, 0.05) is 16.8 Å². The average Bonchev–Trinajstić information content (AvgIpc) is 2.73. The molecule has 0 aromatic heterocycles. The Hall–Kier alpha value is -2.91. The Morgan fingerprint density at radius 2 is 1.43 bits per heavy atom. The minimum absolute atomic E-state index is 0.162. The number of nitrogens with two attached hydrogens (primary N) is 1. The molecule has 3 aromatic rings. The molecule has 0 aliphatic rings. The molecule has 0 saturated carbocycles. The Labute approximate surface area is 180 Å². The highest BCUT2D eigenvalue weighted by Gasteiger charge is 2.24. The third-order valence-corrected chi connectivity index (χ3v) is 5.45. The third kappa shape index (κ3) is 4.80. The summed E-state index contributed by atoms with van der Waals surface area (Å²) in [6, 6.07) is 23.7. The van der Waals surface area contributed by atoms with Crippen molar-refractivity contribution in [2.75, 3.05) is 0 Å². The summed E-state index contributed by atoms with van der Waals surface area (Å²) in [5.74, 6) is 0.300. The van der Waals surface area contributed by atoms with Crippen molar-refractivity contribution in [2.45, 2.75) is 52.1 Å². The van der Waals surface area contributed by atoms with E-state index in [0.29, 0.717) is 5.75 Å².